The molecular weight excluding hydrogens is 519 g/mol. The first-order valence-electron chi connectivity index (χ1n) is 12.8. The van der Waals surface area contributed by atoms with Crippen molar-refractivity contribution in [3.63, 3.8) is 0 Å². The molecule has 1 aromatic heterocycles. The lowest BCUT2D eigenvalue weighted by Gasteiger charge is -2.32. The predicted octanol–water partition coefficient (Wildman–Crippen LogP) is 4.52. The topological polar surface area (TPSA) is 105 Å². The summed E-state index contributed by atoms with van der Waals surface area (Å²) in [7, 11) is -3.24. The second-order valence-corrected chi connectivity index (χ2v) is 13.6. The number of hydrogen-bond donors (Lipinski definition) is 1. The van der Waals surface area contributed by atoms with Crippen LogP contribution in [0.5, 0.6) is 5.75 Å². The van der Waals surface area contributed by atoms with E-state index in [1.807, 2.05) is 40.7 Å². The van der Waals surface area contributed by atoms with Gasteiger partial charge in [0.25, 0.3) is 10.0 Å². The van der Waals surface area contributed by atoms with Crippen LogP contribution >= 0.6 is 0 Å². The summed E-state index contributed by atoms with van der Waals surface area (Å²) in [6, 6.07) is 11.8. The number of rotatable bonds is 6. The van der Waals surface area contributed by atoms with E-state index in [4.69, 9.17) is 18.8 Å². The molecule has 0 atom stereocenters. The van der Waals surface area contributed by atoms with Crippen molar-refractivity contribution in [2.24, 2.45) is 0 Å². The largest absolute Gasteiger partial charge is 0.498 e. The average Bonchev–Trinajstić information content (AvgIpc) is 3.28. The van der Waals surface area contributed by atoms with Gasteiger partial charge >= 0.3 is 13.2 Å². The van der Waals surface area contributed by atoms with Gasteiger partial charge < -0.3 is 24.1 Å². The van der Waals surface area contributed by atoms with E-state index in [-0.39, 0.29) is 11.4 Å². The number of hydrogen-bond acceptors (Lipinski definition) is 7. The van der Waals surface area contributed by atoms with E-state index in [0.29, 0.717) is 27.8 Å². The van der Waals surface area contributed by atoms with E-state index < -0.39 is 40.0 Å². The van der Waals surface area contributed by atoms with Crippen molar-refractivity contribution < 1.29 is 32.0 Å². The average molecular weight is 556 g/mol. The van der Waals surface area contributed by atoms with Gasteiger partial charge in [0.1, 0.15) is 11.4 Å². The summed E-state index contributed by atoms with van der Waals surface area (Å²) in [6.07, 6.45) is -0.650. The number of fused-ring (bicyclic) bond motifs is 1. The second kappa shape index (κ2) is 9.87. The lowest BCUT2D eigenvalue weighted by Crippen LogP contribution is -2.41. The maximum Gasteiger partial charge on any atom is 0.498 e. The third kappa shape index (κ3) is 5.66. The maximum absolute atomic E-state index is 14.0. The first kappa shape index (κ1) is 29.0. The van der Waals surface area contributed by atoms with Crippen molar-refractivity contribution >= 4 is 39.6 Å². The fraction of sp³-hybridized carbons (Fsp3) is 0.464. The first-order chi connectivity index (χ1) is 17.9. The van der Waals surface area contributed by atoms with Crippen LogP contribution in [0.4, 0.5) is 4.79 Å². The first-order valence-corrected chi connectivity index (χ1v) is 14.3. The van der Waals surface area contributed by atoms with Gasteiger partial charge in [0, 0.05) is 16.9 Å². The van der Waals surface area contributed by atoms with Gasteiger partial charge in [-0.1, -0.05) is 17.7 Å². The minimum Gasteiger partial charge on any atom is -0.497 e. The van der Waals surface area contributed by atoms with Crippen LogP contribution in [0.15, 0.2) is 47.4 Å². The summed E-state index contributed by atoms with van der Waals surface area (Å²) < 4.78 is 52.7. The van der Waals surface area contributed by atoms with E-state index in [0.717, 1.165) is 5.56 Å². The highest BCUT2D eigenvalue weighted by Gasteiger charge is 2.52. The zero-order valence-electron chi connectivity index (χ0n) is 24.0. The lowest BCUT2D eigenvalue weighted by molar-refractivity contribution is 0.00578. The van der Waals surface area contributed by atoms with Gasteiger partial charge in [-0.05, 0) is 79.7 Å². The van der Waals surface area contributed by atoms with E-state index in [2.05, 4.69) is 5.32 Å². The lowest BCUT2D eigenvalue weighted by atomic mass is 9.78. The zero-order valence-corrected chi connectivity index (χ0v) is 24.9. The normalized spacial score (nSPS) is 16.9. The highest BCUT2D eigenvalue weighted by molar-refractivity contribution is 7.90. The number of methoxy groups -OCH3 is 1. The van der Waals surface area contributed by atoms with Crippen molar-refractivity contribution in [2.75, 3.05) is 7.11 Å². The molecule has 3 aromatic rings. The van der Waals surface area contributed by atoms with Crippen LogP contribution in [0.2, 0.25) is 0 Å². The molecule has 2 heterocycles. The maximum atomic E-state index is 14.0. The Morgan fingerprint density at radius 2 is 1.62 bits per heavy atom. The van der Waals surface area contributed by atoms with Crippen molar-refractivity contribution in [3.8, 4) is 5.75 Å². The minimum absolute atomic E-state index is 0.0805. The summed E-state index contributed by atoms with van der Waals surface area (Å²) in [5, 5.41) is 3.30. The summed E-state index contributed by atoms with van der Waals surface area (Å²) >= 11 is 0. The molecule has 4 rings (SSSR count). The molecule has 1 amide bonds. The van der Waals surface area contributed by atoms with Gasteiger partial charge in [-0.2, -0.15) is 0 Å². The summed E-state index contributed by atoms with van der Waals surface area (Å²) in [6.45, 7) is 14.9. The highest BCUT2D eigenvalue weighted by Crippen LogP contribution is 2.38. The third-order valence-electron chi connectivity index (χ3n) is 7.06. The Morgan fingerprint density at radius 3 is 2.15 bits per heavy atom. The van der Waals surface area contributed by atoms with Crippen LogP contribution in [0.1, 0.15) is 59.7 Å². The molecule has 0 saturated carbocycles. The van der Waals surface area contributed by atoms with E-state index in [1.165, 1.54) is 11.1 Å². The smallest absolute Gasteiger partial charge is 0.497 e. The molecule has 11 heteroatoms. The minimum atomic E-state index is -4.04. The highest BCUT2D eigenvalue weighted by atomic mass is 32.2. The standard InChI is InChI=1S/C28H37BN2O7S/c1-18-10-12-21(13-11-18)39(33,34)31-20(17-30-25(32)36-26(2,3)4)14-19-15-22(24(35-9)16-23(19)31)29-37-27(5,6)28(7,8)38-29/h10-16H,17H2,1-9H3,(H,30,32). The Morgan fingerprint density at radius 1 is 1.03 bits per heavy atom. The van der Waals surface area contributed by atoms with Crippen LogP contribution in [0, 0.1) is 6.92 Å². The quantitative estimate of drug-likeness (QED) is 0.445. The molecule has 0 aliphatic carbocycles. The van der Waals surface area contributed by atoms with Crippen molar-refractivity contribution in [1.29, 1.82) is 0 Å². The molecule has 0 unspecified atom stereocenters. The third-order valence-corrected chi connectivity index (χ3v) is 8.84. The molecular formula is C28H37BN2O7S. The Hall–Kier alpha value is -3.02. The molecule has 9 nitrogen and oxygen atoms in total. The second-order valence-electron chi connectivity index (χ2n) is 11.8. The zero-order chi connectivity index (χ0) is 29.0. The number of carbonyl (C=O) groups is 1. The summed E-state index contributed by atoms with van der Waals surface area (Å²) in [4.78, 5) is 12.5. The van der Waals surface area contributed by atoms with Gasteiger partial charge in [0.05, 0.1) is 41.0 Å². The van der Waals surface area contributed by atoms with Gasteiger partial charge in [-0.25, -0.2) is 17.2 Å². The molecule has 1 N–H and O–H groups in total. The van der Waals surface area contributed by atoms with E-state index >= 15 is 0 Å². The van der Waals surface area contributed by atoms with Crippen LogP contribution in [0.3, 0.4) is 0 Å². The molecule has 2 aromatic carbocycles. The van der Waals surface area contributed by atoms with Crippen molar-refractivity contribution in [1.82, 2.24) is 9.29 Å². The Bertz CT molecular complexity index is 1490. The molecule has 210 valence electrons. The molecule has 39 heavy (non-hydrogen) atoms. The number of alkyl carbamates (subject to hydrolysis) is 1. The molecule has 0 bridgehead atoms. The summed E-state index contributed by atoms with van der Waals surface area (Å²) in [5.41, 5.74) is 0.489. The molecule has 1 saturated heterocycles. The molecule has 1 fully saturated rings. The number of nitrogens with one attached hydrogen (secondary N) is 1. The van der Waals surface area contributed by atoms with Gasteiger partial charge in [-0.3, -0.25) is 0 Å². The van der Waals surface area contributed by atoms with E-state index in [9.17, 15) is 13.2 Å². The number of ether oxygens (including phenoxy) is 2. The molecule has 0 radical (unpaired) electrons. The monoisotopic (exact) mass is 556 g/mol. The fourth-order valence-corrected chi connectivity index (χ4v) is 5.85. The number of aromatic nitrogens is 1. The Kier molecular flexibility index (Phi) is 7.33. The Balaban J connectivity index is 1.86. The van der Waals surface area contributed by atoms with Gasteiger partial charge in [-0.15, -0.1) is 0 Å². The van der Waals surface area contributed by atoms with Crippen LogP contribution in [0.25, 0.3) is 10.9 Å². The van der Waals surface area contributed by atoms with E-state index in [1.54, 1.807) is 57.2 Å². The van der Waals surface area contributed by atoms with Crippen LogP contribution < -0.4 is 15.5 Å². The Labute approximate surface area is 231 Å². The number of benzene rings is 2. The number of aryl methyl sites for hydroxylation is 1. The van der Waals surface area contributed by atoms with Crippen molar-refractivity contribution in [3.05, 3.63) is 53.7 Å². The number of nitrogens with zero attached hydrogens (tertiary/aromatic N) is 1. The molecule has 1 aliphatic heterocycles. The molecule has 1 aliphatic rings. The number of carbonyl (C=O) groups excluding carboxylic acids is 1. The van der Waals surface area contributed by atoms with Crippen LogP contribution in [-0.4, -0.2) is 49.5 Å². The van der Waals surface area contributed by atoms with Gasteiger partial charge in [0.2, 0.25) is 0 Å². The summed E-state index contributed by atoms with van der Waals surface area (Å²) in [5.74, 6) is 0.422. The predicted molar refractivity (Wildman–Crippen MR) is 151 cm³/mol. The van der Waals surface area contributed by atoms with Crippen LogP contribution in [-0.2, 0) is 30.6 Å². The molecule has 0 spiro atoms. The SMILES string of the molecule is COc1cc2c(cc1B1OC(C)(C)C(C)(C)O1)cc(CNC(=O)OC(C)(C)C)n2S(=O)(=O)c1ccc(C)cc1. The fourth-order valence-electron chi connectivity index (χ4n) is 4.32. The number of amides is 1. The van der Waals surface area contributed by atoms with Crippen molar-refractivity contribution in [2.45, 2.75) is 83.6 Å². The van der Waals surface area contributed by atoms with Gasteiger partial charge in [0.15, 0.2) is 0 Å².